The summed E-state index contributed by atoms with van der Waals surface area (Å²) in [4.78, 5) is 11.1. The Hall–Kier alpha value is -1.25. The predicted molar refractivity (Wildman–Crippen MR) is 52.3 cm³/mol. The average Bonchev–Trinajstić information content (AvgIpc) is 2.57. The second-order valence-corrected chi connectivity index (χ2v) is 3.02. The van der Waals surface area contributed by atoms with E-state index in [1.807, 2.05) is 36.0 Å². The summed E-state index contributed by atoms with van der Waals surface area (Å²) >= 11 is 0. The molecular formula is C10H16N2O. The Morgan fingerprint density at radius 2 is 2.08 bits per heavy atom. The Balaban J connectivity index is 2.11. The maximum absolute atomic E-state index is 11.1. The minimum atomic E-state index is 0.148. The van der Waals surface area contributed by atoms with Gasteiger partial charge < -0.3 is 9.88 Å². The zero-order chi connectivity index (χ0) is 9.52. The van der Waals surface area contributed by atoms with Gasteiger partial charge in [-0.15, -0.1) is 0 Å². The van der Waals surface area contributed by atoms with E-state index in [1.165, 1.54) is 0 Å². The quantitative estimate of drug-likeness (QED) is 0.730. The standard InChI is InChI=1S/C10H16N2O/c1-2-5-10(13)11-6-9-12-7-3-4-8-12/h3-4,7-8H,2,5-6,9H2,1H3,(H,11,13). The van der Waals surface area contributed by atoms with Gasteiger partial charge in [0.2, 0.25) is 5.91 Å². The smallest absolute Gasteiger partial charge is 0.220 e. The summed E-state index contributed by atoms with van der Waals surface area (Å²) in [6.45, 7) is 3.57. The summed E-state index contributed by atoms with van der Waals surface area (Å²) in [5, 5.41) is 2.86. The number of aromatic nitrogens is 1. The first-order valence-electron chi connectivity index (χ1n) is 4.70. The van der Waals surface area contributed by atoms with Gasteiger partial charge in [-0.05, 0) is 18.6 Å². The number of carbonyl (C=O) groups excluding carboxylic acids is 1. The van der Waals surface area contributed by atoms with Crippen LogP contribution in [0.25, 0.3) is 0 Å². The van der Waals surface area contributed by atoms with Gasteiger partial charge in [0.25, 0.3) is 0 Å². The van der Waals surface area contributed by atoms with Gasteiger partial charge in [0, 0.05) is 31.9 Å². The third kappa shape index (κ3) is 3.78. The van der Waals surface area contributed by atoms with Crippen molar-refractivity contribution in [1.82, 2.24) is 9.88 Å². The molecule has 0 atom stereocenters. The maximum atomic E-state index is 11.1. The lowest BCUT2D eigenvalue weighted by molar-refractivity contribution is -0.121. The van der Waals surface area contributed by atoms with Crippen molar-refractivity contribution in [3.05, 3.63) is 24.5 Å². The summed E-state index contributed by atoms with van der Waals surface area (Å²) in [6, 6.07) is 3.96. The molecule has 0 aliphatic rings. The van der Waals surface area contributed by atoms with Gasteiger partial charge in [0.15, 0.2) is 0 Å². The Morgan fingerprint density at radius 3 is 2.69 bits per heavy atom. The van der Waals surface area contributed by atoms with Crippen LogP contribution in [-0.4, -0.2) is 17.0 Å². The van der Waals surface area contributed by atoms with Gasteiger partial charge >= 0.3 is 0 Å². The second-order valence-electron chi connectivity index (χ2n) is 3.02. The first kappa shape index (κ1) is 9.84. The van der Waals surface area contributed by atoms with Crippen LogP contribution >= 0.6 is 0 Å². The van der Waals surface area contributed by atoms with Crippen molar-refractivity contribution >= 4 is 5.91 Å². The molecule has 1 aromatic rings. The van der Waals surface area contributed by atoms with Crippen molar-refractivity contribution in [3.63, 3.8) is 0 Å². The highest BCUT2D eigenvalue weighted by Crippen LogP contribution is 1.89. The molecule has 1 aromatic heterocycles. The minimum absolute atomic E-state index is 0.148. The van der Waals surface area contributed by atoms with E-state index in [0.29, 0.717) is 13.0 Å². The van der Waals surface area contributed by atoms with Gasteiger partial charge in [0.05, 0.1) is 0 Å². The first-order valence-corrected chi connectivity index (χ1v) is 4.70. The molecule has 3 heteroatoms. The minimum Gasteiger partial charge on any atom is -0.354 e. The Kier molecular flexibility index (Phi) is 4.09. The summed E-state index contributed by atoms with van der Waals surface area (Å²) < 4.78 is 2.05. The molecule has 3 nitrogen and oxygen atoms in total. The lowest BCUT2D eigenvalue weighted by Crippen LogP contribution is -2.26. The van der Waals surface area contributed by atoms with Gasteiger partial charge in [-0.25, -0.2) is 0 Å². The van der Waals surface area contributed by atoms with E-state index in [0.717, 1.165) is 13.0 Å². The van der Waals surface area contributed by atoms with Crippen molar-refractivity contribution in [2.75, 3.05) is 6.54 Å². The Labute approximate surface area is 78.8 Å². The van der Waals surface area contributed by atoms with E-state index in [-0.39, 0.29) is 5.91 Å². The second kappa shape index (κ2) is 5.41. The van der Waals surface area contributed by atoms with Crippen LogP contribution in [0.4, 0.5) is 0 Å². The fraction of sp³-hybridized carbons (Fsp3) is 0.500. The number of nitrogens with zero attached hydrogens (tertiary/aromatic N) is 1. The predicted octanol–water partition coefficient (Wildman–Crippen LogP) is 1.40. The molecule has 0 bridgehead atoms. The number of amides is 1. The van der Waals surface area contributed by atoms with E-state index in [1.54, 1.807) is 0 Å². The van der Waals surface area contributed by atoms with Crippen LogP contribution in [0.1, 0.15) is 19.8 Å². The van der Waals surface area contributed by atoms with Crippen LogP contribution in [0.15, 0.2) is 24.5 Å². The molecule has 0 aromatic carbocycles. The molecule has 1 heterocycles. The highest BCUT2D eigenvalue weighted by Gasteiger charge is 1.96. The average molecular weight is 180 g/mol. The molecule has 1 amide bonds. The van der Waals surface area contributed by atoms with Gasteiger partial charge in [-0.2, -0.15) is 0 Å². The largest absolute Gasteiger partial charge is 0.354 e. The zero-order valence-corrected chi connectivity index (χ0v) is 7.99. The fourth-order valence-corrected chi connectivity index (χ4v) is 1.16. The van der Waals surface area contributed by atoms with Crippen molar-refractivity contribution < 1.29 is 4.79 Å². The van der Waals surface area contributed by atoms with E-state index < -0.39 is 0 Å². The Morgan fingerprint density at radius 1 is 1.38 bits per heavy atom. The van der Waals surface area contributed by atoms with E-state index in [4.69, 9.17) is 0 Å². The van der Waals surface area contributed by atoms with Crippen LogP contribution in [-0.2, 0) is 11.3 Å². The lowest BCUT2D eigenvalue weighted by atomic mass is 10.3. The molecule has 0 aliphatic heterocycles. The third-order valence-electron chi connectivity index (χ3n) is 1.84. The highest BCUT2D eigenvalue weighted by molar-refractivity contribution is 5.75. The molecule has 0 saturated carbocycles. The summed E-state index contributed by atoms with van der Waals surface area (Å²) in [6.07, 6.45) is 5.53. The van der Waals surface area contributed by atoms with E-state index >= 15 is 0 Å². The van der Waals surface area contributed by atoms with Crippen molar-refractivity contribution in [2.24, 2.45) is 0 Å². The van der Waals surface area contributed by atoms with Gasteiger partial charge in [-0.1, -0.05) is 6.92 Å². The monoisotopic (exact) mass is 180 g/mol. The van der Waals surface area contributed by atoms with Crippen LogP contribution in [0.2, 0.25) is 0 Å². The highest BCUT2D eigenvalue weighted by atomic mass is 16.1. The van der Waals surface area contributed by atoms with Crippen molar-refractivity contribution in [1.29, 1.82) is 0 Å². The molecule has 13 heavy (non-hydrogen) atoms. The zero-order valence-electron chi connectivity index (χ0n) is 7.99. The molecular weight excluding hydrogens is 164 g/mol. The van der Waals surface area contributed by atoms with Crippen LogP contribution < -0.4 is 5.32 Å². The number of nitrogens with one attached hydrogen (secondary N) is 1. The number of hydrogen-bond donors (Lipinski definition) is 1. The Bertz CT molecular complexity index is 241. The number of carbonyl (C=O) groups is 1. The van der Waals surface area contributed by atoms with Gasteiger partial charge in [0.1, 0.15) is 0 Å². The maximum Gasteiger partial charge on any atom is 0.220 e. The molecule has 0 aliphatic carbocycles. The molecule has 0 saturated heterocycles. The molecule has 72 valence electrons. The van der Waals surface area contributed by atoms with Crippen molar-refractivity contribution in [3.8, 4) is 0 Å². The number of rotatable bonds is 5. The van der Waals surface area contributed by atoms with E-state index in [9.17, 15) is 4.79 Å². The molecule has 1 N–H and O–H groups in total. The molecule has 0 radical (unpaired) electrons. The van der Waals surface area contributed by atoms with Crippen LogP contribution in [0.3, 0.4) is 0 Å². The summed E-state index contributed by atoms with van der Waals surface area (Å²) in [5.41, 5.74) is 0. The van der Waals surface area contributed by atoms with Crippen LogP contribution in [0.5, 0.6) is 0 Å². The summed E-state index contributed by atoms with van der Waals surface area (Å²) in [5.74, 6) is 0.148. The van der Waals surface area contributed by atoms with Gasteiger partial charge in [-0.3, -0.25) is 4.79 Å². The topological polar surface area (TPSA) is 34.0 Å². The molecule has 0 spiro atoms. The SMILES string of the molecule is CCCC(=O)NCCn1cccc1. The first-order chi connectivity index (χ1) is 6.33. The van der Waals surface area contributed by atoms with Crippen LogP contribution in [0, 0.1) is 0 Å². The molecule has 0 fully saturated rings. The summed E-state index contributed by atoms with van der Waals surface area (Å²) in [7, 11) is 0. The van der Waals surface area contributed by atoms with E-state index in [2.05, 4.69) is 5.32 Å². The normalized spacial score (nSPS) is 9.92. The molecule has 0 unspecified atom stereocenters. The number of hydrogen-bond acceptors (Lipinski definition) is 1. The molecule has 1 rings (SSSR count). The lowest BCUT2D eigenvalue weighted by Gasteiger charge is -2.04. The fourth-order valence-electron chi connectivity index (χ4n) is 1.16. The van der Waals surface area contributed by atoms with Crippen molar-refractivity contribution in [2.45, 2.75) is 26.3 Å². The third-order valence-corrected chi connectivity index (χ3v) is 1.84.